The van der Waals surface area contributed by atoms with Crippen LogP contribution >= 0.6 is 0 Å². The van der Waals surface area contributed by atoms with Crippen molar-refractivity contribution in [3.05, 3.63) is 23.8 Å². The highest BCUT2D eigenvalue weighted by molar-refractivity contribution is 7.89. The van der Waals surface area contributed by atoms with Crippen LogP contribution in [0.4, 0.5) is 5.69 Å². The Hall–Kier alpha value is -1.44. The maximum Gasteiger partial charge on any atom is 0.240 e. The summed E-state index contributed by atoms with van der Waals surface area (Å²) >= 11 is 0. The number of sulfonamides is 1. The molecule has 110 valence electrons. The summed E-state index contributed by atoms with van der Waals surface area (Å²) in [6.07, 6.45) is 0.677. The van der Waals surface area contributed by atoms with Crippen molar-refractivity contribution in [1.29, 1.82) is 0 Å². The molecule has 0 saturated heterocycles. The molecule has 1 aliphatic rings. The summed E-state index contributed by atoms with van der Waals surface area (Å²) in [6.45, 7) is 2.66. The average Bonchev–Trinajstić information content (AvgIpc) is 2.81. The molecule has 1 aromatic rings. The minimum absolute atomic E-state index is 0.0300. The minimum Gasteiger partial charge on any atom is -0.383 e. The summed E-state index contributed by atoms with van der Waals surface area (Å²) in [4.78, 5) is 13.3. The molecule has 20 heavy (non-hydrogen) atoms. The van der Waals surface area contributed by atoms with Gasteiger partial charge in [-0.1, -0.05) is 0 Å². The number of hydrogen-bond donors (Lipinski definition) is 1. The molecule has 0 aliphatic carbocycles. The number of carbonyl (C=O) groups is 1. The molecule has 7 heteroatoms. The van der Waals surface area contributed by atoms with E-state index in [1.807, 2.05) is 0 Å². The molecule has 2 rings (SSSR count). The zero-order valence-electron chi connectivity index (χ0n) is 11.5. The lowest BCUT2D eigenvalue weighted by Gasteiger charge is -2.15. The number of amides is 1. The monoisotopic (exact) mass is 298 g/mol. The van der Waals surface area contributed by atoms with Gasteiger partial charge < -0.3 is 9.64 Å². The highest BCUT2D eigenvalue weighted by Gasteiger charge is 2.24. The maximum atomic E-state index is 12.1. The summed E-state index contributed by atoms with van der Waals surface area (Å²) in [7, 11) is -2.01. The van der Waals surface area contributed by atoms with E-state index in [0.29, 0.717) is 19.6 Å². The van der Waals surface area contributed by atoms with Crippen LogP contribution in [0.1, 0.15) is 12.5 Å². The van der Waals surface area contributed by atoms with E-state index in [1.54, 1.807) is 17.0 Å². The fourth-order valence-electron chi connectivity index (χ4n) is 2.23. The van der Waals surface area contributed by atoms with Gasteiger partial charge in [0.15, 0.2) is 0 Å². The Morgan fingerprint density at radius 1 is 1.45 bits per heavy atom. The topological polar surface area (TPSA) is 75.7 Å². The van der Waals surface area contributed by atoms with Gasteiger partial charge in [0.2, 0.25) is 15.9 Å². The predicted molar refractivity (Wildman–Crippen MR) is 75.2 cm³/mol. The van der Waals surface area contributed by atoms with Gasteiger partial charge in [0.25, 0.3) is 0 Å². The van der Waals surface area contributed by atoms with E-state index in [4.69, 9.17) is 4.74 Å². The van der Waals surface area contributed by atoms with Gasteiger partial charge in [-0.3, -0.25) is 4.79 Å². The normalized spacial score (nSPS) is 14.4. The Morgan fingerprint density at radius 2 is 2.20 bits per heavy atom. The van der Waals surface area contributed by atoms with Crippen LogP contribution in [-0.2, 0) is 26.0 Å². The van der Waals surface area contributed by atoms with E-state index in [-0.39, 0.29) is 17.3 Å². The number of fused-ring (bicyclic) bond motifs is 1. The summed E-state index contributed by atoms with van der Waals surface area (Å²) in [5, 5.41) is 0. The third-order valence-electron chi connectivity index (χ3n) is 3.24. The summed E-state index contributed by atoms with van der Waals surface area (Å²) in [6, 6.07) is 4.84. The molecule has 0 unspecified atom stereocenters. The molecule has 0 saturated carbocycles. The van der Waals surface area contributed by atoms with E-state index in [9.17, 15) is 13.2 Å². The van der Waals surface area contributed by atoms with Crippen LogP contribution in [0.5, 0.6) is 0 Å². The number of hydrogen-bond acceptors (Lipinski definition) is 4. The number of carbonyl (C=O) groups excluding carboxylic acids is 1. The van der Waals surface area contributed by atoms with Crippen LogP contribution in [0.25, 0.3) is 0 Å². The molecule has 6 nitrogen and oxygen atoms in total. The molecule has 1 amide bonds. The second-order valence-corrected chi connectivity index (χ2v) is 6.37. The van der Waals surface area contributed by atoms with Crippen molar-refractivity contribution >= 4 is 21.6 Å². The van der Waals surface area contributed by atoms with Crippen molar-refractivity contribution in [3.63, 3.8) is 0 Å². The van der Waals surface area contributed by atoms with Gasteiger partial charge >= 0.3 is 0 Å². The van der Waals surface area contributed by atoms with Gasteiger partial charge in [0.1, 0.15) is 0 Å². The van der Waals surface area contributed by atoms with Crippen LogP contribution in [0, 0.1) is 0 Å². The van der Waals surface area contributed by atoms with Crippen molar-refractivity contribution in [2.24, 2.45) is 0 Å². The summed E-state index contributed by atoms with van der Waals surface area (Å²) in [5.74, 6) is -0.0300. The highest BCUT2D eigenvalue weighted by atomic mass is 32.2. The van der Waals surface area contributed by atoms with Crippen LogP contribution in [0.15, 0.2) is 23.1 Å². The number of ether oxygens (including phenoxy) is 1. The molecule has 1 aliphatic heterocycles. The molecular formula is C13H18N2O4S. The van der Waals surface area contributed by atoms with Crippen LogP contribution < -0.4 is 9.62 Å². The molecular weight excluding hydrogens is 280 g/mol. The molecule has 0 fully saturated rings. The van der Waals surface area contributed by atoms with Gasteiger partial charge in [-0.15, -0.1) is 0 Å². The first-order valence-electron chi connectivity index (χ1n) is 6.35. The Labute approximate surface area is 118 Å². The molecule has 0 radical (unpaired) electrons. The van der Waals surface area contributed by atoms with Crippen LogP contribution in [-0.4, -0.2) is 41.1 Å². The molecule has 0 atom stereocenters. The first-order valence-corrected chi connectivity index (χ1v) is 7.83. The summed E-state index contributed by atoms with van der Waals surface area (Å²) in [5.41, 5.74) is 1.68. The van der Waals surface area contributed by atoms with Gasteiger partial charge in [0.05, 0.1) is 11.5 Å². The van der Waals surface area contributed by atoms with Gasteiger partial charge in [0, 0.05) is 32.8 Å². The van der Waals surface area contributed by atoms with Gasteiger partial charge in [-0.05, 0) is 30.2 Å². The fourth-order valence-corrected chi connectivity index (χ4v) is 3.30. The number of methoxy groups -OCH3 is 1. The number of nitrogens with one attached hydrogen (secondary N) is 1. The predicted octanol–water partition coefficient (Wildman–Crippen LogP) is 0.520. The number of nitrogens with zero attached hydrogens (tertiary/aromatic N) is 1. The van der Waals surface area contributed by atoms with Crippen molar-refractivity contribution in [3.8, 4) is 0 Å². The lowest BCUT2D eigenvalue weighted by molar-refractivity contribution is -0.116. The van der Waals surface area contributed by atoms with Crippen molar-refractivity contribution in [1.82, 2.24) is 4.72 Å². The highest BCUT2D eigenvalue weighted by Crippen LogP contribution is 2.30. The molecule has 0 aromatic heterocycles. The van der Waals surface area contributed by atoms with Crippen molar-refractivity contribution < 1.29 is 17.9 Å². The zero-order chi connectivity index (χ0) is 14.8. The van der Waals surface area contributed by atoms with Crippen LogP contribution in [0.2, 0.25) is 0 Å². The lowest BCUT2D eigenvalue weighted by atomic mass is 10.2. The Morgan fingerprint density at radius 3 is 2.85 bits per heavy atom. The van der Waals surface area contributed by atoms with E-state index < -0.39 is 10.0 Å². The first-order chi connectivity index (χ1) is 9.45. The third-order valence-corrected chi connectivity index (χ3v) is 4.69. The molecule has 1 heterocycles. The Balaban J connectivity index is 2.22. The van der Waals surface area contributed by atoms with Gasteiger partial charge in [-0.25, -0.2) is 13.1 Å². The van der Waals surface area contributed by atoms with Crippen molar-refractivity contribution in [2.75, 3.05) is 31.7 Å². The maximum absolute atomic E-state index is 12.1. The molecule has 0 bridgehead atoms. The second kappa shape index (κ2) is 5.90. The van der Waals surface area contributed by atoms with Gasteiger partial charge in [-0.2, -0.15) is 0 Å². The first kappa shape index (κ1) is 15.0. The van der Waals surface area contributed by atoms with E-state index in [2.05, 4.69) is 4.72 Å². The zero-order valence-corrected chi connectivity index (χ0v) is 12.4. The number of anilines is 1. The van der Waals surface area contributed by atoms with Crippen LogP contribution in [0.3, 0.4) is 0 Å². The van der Waals surface area contributed by atoms with E-state index in [1.165, 1.54) is 20.1 Å². The largest absolute Gasteiger partial charge is 0.383 e. The fraction of sp³-hybridized carbons (Fsp3) is 0.462. The average molecular weight is 298 g/mol. The summed E-state index contributed by atoms with van der Waals surface area (Å²) < 4.78 is 31.4. The van der Waals surface area contributed by atoms with E-state index >= 15 is 0 Å². The second-order valence-electron chi connectivity index (χ2n) is 4.60. The molecule has 1 aromatic carbocycles. The molecule has 0 spiro atoms. The smallest absolute Gasteiger partial charge is 0.240 e. The standard InChI is InChI=1S/C13H18N2O4S/c1-10(16)15-7-5-11-9-12(3-4-13(11)15)20(17,18)14-6-8-19-2/h3-4,9,14H,5-8H2,1-2H3. The quantitative estimate of drug-likeness (QED) is 0.804. The SMILES string of the molecule is COCCNS(=O)(=O)c1ccc2c(c1)CCN2C(C)=O. The minimum atomic E-state index is -3.53. The Bertz CT molecular complexity index is 613. The number of benzene rings is 1. The lowest BCUT2D eigenvalue weighted by Crippen LogP contribution is -2.27. The number of rotatable bonds is 5. The van der Waals surface area contributed by atoms with E-state index in [0.717, 1.165) is 11.3 Å². The third kappa shape index (κ3) is 3.00. The Kier molecular flexibility index (Phi) is 4.42. The van der Waals surface area contributed by atoms with Crippen molar-refractivity contribution in [2.45, 2.75) is 18.2 Å². The molecule has 1 N–H and O–H groups in total.